The van der Waals surface area contributed by atoms with Gasteiger partial charge in [0.15, 0.2) is 11.5 Å². The van der Waals surface area contributed by atoms with E-state index in [1.165, 1.54) is 39.2 Å². The van der Waals surface area contributed by atoms with Crippen LogP contribution in [0.5, 0.6) is 28.7 Å². The van der Waals surface area contributed by atoms with Gasteiger partial charge in [-0.05, 0) is 84.9 Å². The normalized spacial score (nSPS) is 10.8. The zero-order chi connectivity index (χ0) is 35.3. The number of hydrogen-bond donors (Lipinski definition) is 3. The Morgan fingerprint density at radius 2 is 1.20 bits per heavy atom. The average molecular weight is 690 g/mol. The lowest BCUT2D eigenvalue weighted by atomic mass is 10.1. The van der Waals surface area contributed by atoms with Crippen LogP contribution in [0.3, 0.4) is 0 Å². The molecule has 0 aliphatic heterocycles. The second kappa shape index (κ2) is 17.3. The van der Waals surface area contributed by atoms with Crippen LogP contribution in [-0.4, -0.2) is 44.8 Å². The Bertz CT molecular complexity index is 1950. The second-order valence-corrected chi connectivity index (χ2v) is 11.6. The quantitative estimate of drug-likeness (QED) is 0.0803. The third-order valence-electron chi connectivity index (χ3n) is 7.16. The van der Waals surface area contributed by atoms with Crippen LogP contribution in [0.25, 0.3) is 6.08 Å². The molecule has 254 valence electrons. The SMILES string of the molecule is COc1cc(OC)c(OC)cc1/C=C(\NC(=O)c1ccccc1)C(=O)Nc1ccc(SCC(=O)Nc2ccc(Oc3ccccc3)cc2)cc1. The molecule has 5 aromatic carbocycles. The molecule has 3 N–H and O–H groups in total. The molecule has 5 rings (SSSR count). The summed E-state index contributed by atoms with van der Waals surface area (Å²) in [5.74, 6) is 1.64. The summed E-state index contributed by atoms with van der Waals surface area (Å²) in [6.45, 7) is 0. The van der Waals surface area contributed by atoms with Crippen molar-refractivity contribution in [2.45, 2.75) is 4.90 Å². The summed E-state index contributed by atoms with van der Waals surface area (Å²) in [4.78, 5) is 40.1. The highest BCUT2D eigenvalue weighted by Gasteiger charge is 2.18. The van der Waals surface area contributed by atoms with Crippen molar-refractivity contribution in [1.82, 2.24) is 5.32 Å². The van der Waals surface area contributed by atoms with Gasteiger partial charge in [-0.3, -0.25) is 14.4 Å². The largest absolute Gasteiger partial charge is 0.496 e. The molecule has 3 amide bonds. The zero-order valence-corrected chi connectivity index (χ0v) is 28.4. The molecule has 0 spiro atoms. The summed E-state index contributed by atoms with van der Waals surface area (Å²) < 4.78 is 22.1. The molecular formula is C39H35N3O7S. The van der Waals surface area contributed by atoms with E-state index in [9.17, 15) is 14.4 Å². The lowest BCUT2D eigenvalue weighted by Gasteiger charge is -2.15. The van der Waals surface area contributed by atoms with E-state index in [0.29, 0.717) is 45.5 Å². The van der Waals surface area contributed by atoms with Gasteiger partial charge in [-0.2, -0.15) is 0 Å². The number of rotatable bonds is 14. The van der Waals surface area contributed by atoms with Gasteiger partial charge >= 0.3 is 0 Å². The van der Waals surface area contributed by atoms with Crippen molar-refractivity contribution in [1.29, 1.82) is 0 Å². The average Bonchev–Trinajstić information content (AvgIpc) is 3.15. The molecule has 0 radical (unpaired) electrons. The van der Waals surface area contributed by atoms with E-state index in [-0.39, 0.29) is 17.4 Å². The minimum Gasteiger partial charge on any atom is -0.496 e. The van der Waals surface area contributed by atoms with Gasteiger partial charge in [0.2, 0.25) is 5.91 Å². The predicted molar refractivity (Wildman–Crippen MR) is 195 cm³/mol. The number of nitrogens with one attached hydrogen (secondary N) is 3. The molecule has 0 unspecified atom stereocenters. The smallest absolute Gasteiger partial charge is 0.272 e. The highest BCUT2D eigenvalue weighted by molar-refractivity contribution is 8.00. The van der Waals surface area contributed by atoms with E-state index in [4.69, 9.17) is 18.9 Å². The molecule has 0 bridgehead atoms. The van der Waals surface area contributed by atoms with Crippen LogP contribution >= 0.6 is 11.8 Å². The maximum atomic E-state index is 13.6. The van der Waals surface area contributed by atoms with E-state index in [1.54, 1.807) is 91.0 Å². The molecule has 0 heterocycles. The molecule has 0 aromatic heterocycles. The first-order valence-electron chi connectivity index (χ1n) is 15.4. The topological polar surface area (TPSA) is 124 Å². The second-order valence-electron chi connectivity index (χ2n) is 10.6. The molecule has 50 heavy (non-hydrogen) atoms. The highest BCUT2D eigenvalue weighted by Crippen LogP contribution is 2.36. The minimum atomic E-state index is -0.564. The number of thioether (sulfide) groups is 1. The monoisotopic (exact) mass is 689 g/mol. The minimum absolute atomic E-state index is 0.0286. The fraction of sp³-hybridized carbons (Fsp3) is 0.103. The van der Waals surface area contributed by atoms with Gasteiger partial charge in [0, 0.05) is 33.5 Å². The Labute approximate surface area is 294 Å². The molecular weight excluding hydrogens is 655 g/mol. The number of benzene rings is 5. The van der Waals surface area contributed by atoms with Crippen LogP contribution < -0.4 is 34.9 Å². The van der Waals surface area contributed by atoms with Gasteiger partial charge in [-0.15, -0.1) is 11.8 Å². The number of para-hydroxylation sites is 1. The van der Waals surface area contributed by atoms with Crippen molar-refractivity contribution in [2.75, 3.05) is 37.7 Å². The van der Waals surface area contributed by atoms with Gasteiger partial charge < -0.3 is 34.9 Å². The third-order valence-corrected chi connectivity index (χ3v) is 8.18. The van der Waals surface area contributed by atoms with Crippen molar-refractivity contribution >= 4 is 46.9 Å². The van der Waals surface area contributed by atoms with Crippen molar-refractivity contribution in [3.8, 4) is 28.7 Å². The number of anilines is 2. The first-order valence-corrected chi connectivity index (χ1v) is 16.4. The summed E-state index contributed by atoms with van der Waals surface area (Å²) in [6.07, 6.45) is 1.50. The number of hydrogen-bond acceptors (Lipinski definition) is 8. The van der Waals surface area contributed by atoms with Crippen LogP contribution in [-0.2, 0) is 9.59 Å². The highest BCUT2D eigenvalue weighted by atomic mass is 32.2. The van der Waals surface area contributed by atoms with E-state index >= 15 is 0 Å². The summed E-state index contributed by atoms with van der Waals surface area (Å²) >= 11 is 1.35. The maximum Gasteiger partial charge on any atom is 0.272 e. The standard InChI is InChI=1S/C39H35N3O7S/c1-46-34-24-36(48-3)35(47-2)23-27(34)22-33(42-38(44)26-10-6-4-7-11-26)39(45)41-29-16-20-32(21-17-29)50-25-37(43)40-28-14-18-31(19-15-28)49-30-12-8-5-9-13-30/h4-24H,25H2,1-3H3,(H,40,43)(H,41,45)(H,42,44)/b33-22-. The summed E-state index contributed by atoms with van der Waals surface area (Å²) in [5, 5.41) is 8.44. The van der Waals surface area contributed by atoms with Gasteiger partial charge in [0.1, 0.15) is 22.9 Å². The molecule has 10 nitrogen and oxygen atoms in total. The number of amides is 3. The van der Waals surface area contributed by atoms with Crippen molar-refractivity contribution in [3.05, 3.63) is 138 Å². The fourth-order valence-corrected chi connectivity index (χ4v) is 5.37. The number of carbonyl (C=O) groups is 3. The van der Waals surface area contributed by atoms with Crippen LogP contribution in [0.1, 0.15) is 15.9 Å². The molecule has 0 aliphatic carbocycles. The molecule has 11 heteroatoms. The first kappa shape index (κ1) is 35.1. The summed E-state index contributed by atoms with van der Waals surface area (Å²) in [5.41, 5.74) is 1.97. The van der Waals surface area contributed by atoms with Gasteiger partial charge in [0.25, 0.3) is 11.8 Å². The molecule has 0 aliphatic rings. The van der Waals surface area contributed by atoms with Crippen molar-refractivity contribution < 1.29 is 33.3 Å². The molecule has 0 saturated carbocycles. The van der Waals surface area contributed by atoms with Gasteiger partial charge in [-0.1, -0.05) is 36.4 Å². The van der Waals surface area contributed by atoms with E-state index < -0.39 is 11.8 Å². The molecule has 5 aromatic rings. The van der Waals surface area contributed by atoms with E-state index in [0.717, 1.165) is 10.6 Å². The Hall–Kier alpha value is -6.20. The van der Waals surface area contributed by atoms with Crippen molar-refractivity contribution in [2.24, 2.45) is 0 Å². The van der Waals surface area contributed by atoms with Crippen molar-refractivity contribution in [3.63, 3.8) is 0 Å². The van der Waals surface area contributed by atoms with E-state index in [1.807, 2.05) is 30.3 Å². The molecule has 0 atom stereocenters. The van der Waals surface area contributed by atoms with Crippen LogP contribution in [0.2, 0.25) is 0 Å². The Kier molecular flexibility index (Phi) is 12.1. The number of ether oxygens (including phenoxy) is 4. The van der Waals surface area contributed by atoms with E-state index in [2.05, 4.69) is 16.0 Å². The maximum absolute atomic E-state index is 13.6. The first-order chi connectivity index (χ1) is 24.3. The lowest BCUT2D eigenvalue weighted by molar-refractivity contribution is -0.114. The van der Waals surface area contributed by atoms with Gasteiger partial charge in [-0.25, -0.2) is 0 Å². The fourth-order valence-electron chi connectivity index (χ4n) is 4.67. The number of methoxy groups -OCH3 is 3. The summed E-state index contributed by atoms with van der Waals surface area (Å²) in [7, 11) is 4.50. The Morgan fingerprint density at radius 1 is 0.640 bits per heavy atom. The Morgan fingerprint density at radius 3 is 1.84 bits per heavy atom. The van der Waals surface area contributed by atoms with Gasteiger partial charge in [0.05, 0.1) is 27.1 Å². The third kappa shape index (κ3) is 9.68. The van der Waals surface area contributed by atoms with Crippen LogP contribution in [0.15, 0.2) is 132 Å². The predicted octanol–water partition coefficient (Wildman–Crippen LogP) is 7.65. The Balaban J connectivity index is 1.23. The molecule has 0 saturated heterocycles. The zero-order valence-electron chi connectivity index (χ0n) is 27.6. The number of carbonyl (C=O) groups excluding carboxylic acids is 3. The van der Waals surface area contributed by atoms with Crippen LogP contribution in [0.4, 0.5) is 11.4 Å². The molecule has 0 fully saturated rings. The van der Waals surface area contributed by atoms with Crippen LogP contribution in [0, 0.1) is 0 Å². The summed E-state index contributed by atoms with van der Waals surface area (Å²) in [6, 6.07) is 35.5. The lowest BCUT2D eigenvalue weighted by Crippen LogP contribution is -2.30.